The second-order valence-electron chi connectivity index (χ2n) is 8.34. The van der Waals surface area contributed by atoms with E-state index >= 15 is 0 Å². The van der Waals surface area contributed by atoms with Crippen LogP contribution in [0.3, 0.4) is 0 Å². The van der Waals surface area contributed by atoms with E-state index in [-0.39, 0.29) is 17.7 Å². The first-order valence-electron chi connectivity index (χ1n) is 10.8. The van der Waals surface area contributed by atoms with Gasteiger partial charge in [-0.15, -0.1) is 0 Å². The molecule has 28 heavy (non-hydrogen) atoms. The van der Waals surface area contributed by atoms with E-state index in [9.17, 15) is 9.59 Å². The highest BCUT2D eigenvalue weighted by atomic mass is 16.2. The van der Waals surface area contributed by atoms with Gasteiger partial charge in [0.05, 0.1) is 5.56 Å². The van der Waals surface area contributed by atoms with Crippen LogP contribution < -0.4 is 10.2 Å². The third kappa shape index (κ3) is 5.73. The van der Waals surface area contributed by atoms with E-state index in [2.05, 4.69) is 26.1 Å². The second kappa shape index (κ2) is 10.5. The number of amides is 2. The minimum atomic E-state index is 0.0243. The highest BCUT2D eigenvalue weighted by molar-refractivity contribution is 6.02. The number of benzene rings is 1. The molecule has 5 nitrogen and oxygen atoms in total. The maximum atomic E-state index is 13.2. The molecule has 1 N–H and O–H groups in total. The minimum Gasteiger partial charge on any atom is -0.377 e. The Kier molecular flexibility index (Phi) is 8.34. The van der Waals surface area contributed by atoms with Gasteiger partial charge >= 0.3 is 0 Å². The Morgan fingerprint density at radius 2 is 1.89 bits per heavy atom. The van der Waals surface area contributed by atoms with Gasteiger partial charge in [-0.25, -0.2) is 0 Å². The number of nitrogens with zero attached hydrogens (tertiary/aromatic N) is 2. The van der Waals surface area contributed by atoms with Crippen LogP contribution in [0.25, 0.3) is 0 Å². The number of likely N-dealkylation sites (tertiary alicyclic amines) is 1. The molecule has 0 aliphatic carbocycles. The van der Waals surface area contributed by atoms with Crippen LogP contribution in [-0.4, -0.2) is 43.9 Å². The normalized spacial score (nSPS) is 16.0. The van der Waals surface area contributed by atoms with Crippen LogP contribution in [0.1, 0.15) is 69.7 Å². The summed E-state index contributed by atoms with van der Waals surface area (Å²) in [6.45, 7) is 8.05. The minimum absolute atomic E-state index is 0.0243. The summed E-state index contributed by atoms with van der Waals surface area (Å²) in [4.78, 5) is 29.8. The van der Waals surface area contributed by atoms with Crippen LogP contribution in [-0.2, 0) is 4.79 Å². The Morgan fingerprint density at radius 1 is 1.21 bits per heavy atom. The molecule has 1 aromatic carbocycles. The number of carbonyl (C=O) groups excluding carboxylic acids is 2. The number of anilines is 2. The Hall–Kier alpha value is -2.04. The number of hydrogen-bond donors (Lipinski definition) is 1. The van der Waals surface area contributed by atoms with Crippen molar-refractivity contribution in [3.63, 3.8) is 0 Å². The van der Waals surface area contributed by atoms with Crippen molar-refractivity contribution in [3.05, 3.63) is 23.8 Å². The molecule has 1 fully saturated rings. The van der Waals surface area contributed by atoms with E-state index in [1.54, 1.807) is 0 Å². The molecule has 5 heteroatoms. The topological polar surface area (TPSA) is 52.7 Å². The SMILES string of the molecule is CCCC[C@@H](CC)C(=O)Nc1ccc(N(C)C)c(C(=O)N2CCC(C)CC2)c1. The van der Waals surface area contributed by atoms with Gasteiger partial charge in [0, 0.05) is 44.5 Å². The van der Waals surface area contributed by atoms with E-state index in [0.29, 0.717) is 17.2 Å². The third-order valence-electron chi connectivity index (χ3n) is 5.82. The Bertz CT molecular complexity index is 664. The Morgan fingerprint density at radius 3 is 2.46 bits per heavy atom. The fourth-order valence-electron chi connectivity index (χ4n) is 3.77. The van der Waals surface area contributed by atoms with E-state index in [4.69, 9.17) is 0 Å². The van der Waals surface area contributed by atoms with Crippen LogP contribution in [0.4, 0.5) is 11.4 Å². The number of rotatable bonds is 8. The van der Waals surface area contributed by atoms with Crippen LogP contribution in [0.2, 0.25) is 0 Å². The molecule has 2 amide bonds. The molecule has 0 saturated carbocycles. The molecule has 156 valence electrons. The monoisotopic (exact) mass is 387 g/mol. The summed E-state index contributed by atoms with van der Waals surface area (Å²) in [6.07, 6.45) is 5.99. The molecule has 0 spiro atoms. The number of piperidine rings is 1. The van der Waals surface area contributed by atoms with Gasteiger partial charge in [0.25, 0.3) is 5.91 Å². The van der Waals surface area contributed by atoms with E-state index < -0.39 is 0 Å². The highest BCUT2D eigenvalue weighted by Gasteiger charge is 2.25. The molecule has 1 aliphatic rings. The van der Waals surface area contributed by atoms with Gasteiger partial charge in [0.15, 0.2) is 0 Å². The lowest BCUT2D eigenvalue weighted by atomic mass is 9.97. The van der Waals surface area contributed by atoms with Crippen molar-refractivity contribution >= 4 is 23.2 Å². The summed E-state index contributed by atoms with van der Waals surface area (Å²) in [6, 6.07) is 5.68. The van der Waals surface area contributed by atoms with Crippen molar-refractivity contribution in [3.8, 4) is 0 Å². The fraction of sp³-hybridized carbons (Fsp3) is 0.652. The largest absolute Gasteiger partial charge is 0.377 e. The molecule has 0 radical (unpaired) electrons. The molecule has 1 aromatic rings. The van der Waals surface area contributed by atoms with Gasteiger partial charge in [0.1, 0.15) is 0 Å². The van der Waals surface area contributed by atoms with Crippen LogP contribution >= 0.6 is 0 Å². The highest BCUT2D eigenvalue weighted by Crippen LogP contribution is 2.27. The zero-order valence-corrected chi connectivity index (χ0v) is 18.3. The van der Waals surface area contributed by atoms with Crippen LogP contribution in [0.5, 0.6) is 0 Å². The molecule has 1 saturated heterocycles. The molecule has 0 unspecified atom stereocenters. The average molecular weight is 388 g/mol. The van der Waals surface area contributed by atoms with Crippen molar-refractivity contribution in [2.75, 3.05) is 37.4 Å². The standard InChI is InChI=1S/C23H37N3O2/c1-6-8-9-18(7-2)22(27)24-19-10-11-21(25(4)5)20(16-19)23(28)26-14-12-17(3)13-15-26/h10-11,16-18H,6-9,12-15H2,1-5H3,(H,24,27)/t18-/m1/s1. The number of nitrogens with one attached hydrogen (secondary N) is 1. The number of carbonyl (C=O) groups is 2. The first-order valence-corrected chi connectivity index (χ1v) is 10.8. The smallest absolute Gasteiger partial charge is 0.256 e. The summed E-state index contributed by atoms with van der Waals surface area (Å²) < 4.78 is 0. The molecule has 1 atom stereocenters. The molecular formula is C23H37N3O2. The number of unbranched alkanes of at least 4 members (excludes halogenated alkanes) is 1. The maximum Gasteiger partial charge on any atom is 0.256 e. The number of hydrogen-bond acceptors (Lipinski definition) is 3. The zero-order valence-electron chi connectivity index (χ0n) is 18.3. The van der Waals surface area contributed by atoms with Crippen molar-refractivity contribution in [1.29, 1.82) is 0 Å². The van der Waals surface area contributed by atoms with Crippen molar-refractivity contribution in [1.82, 2.24) is 4.90 Å². The zero-order chi connectivity index (χ0) is 20.7. The fourth-order valence-corrected chi connectivity index (χ4v) is 3.77. The summed E-state index contributed by atoms with van der Waals surface area (Å²) >= 11 is 0. The Labute approximate surface area is 170 Å². The van der Waals surface area contributed by atoms with Crippen molar-refractivity contribution in [2.24, 2.45) is 11.8 Å². The molecule has 0 aromatic heterocycles. The van der Waals surface area contributed by atoms with E-state index in [1.807, 2.05) is 42.1 Å². The summed E-state index contributed by atoms with van der Waals surface area (Å²) in [5, 5.41) is 3.05. The molecule has 2 rings (SSSR count). The van der Waals surface area contributed by atoms with Crippen molar-refractivity contribution in [2.45, 2.75) is 59.3 Å². The molecule has 0 bridgehead atoms. The van der Waals surface area contributed by atoms with Crippen molar-refractivity contribution < 1.29 is 9.59 Å². The first-order chi connectivity index (χ1) is 13.4. The van der Waals surface area contributed by atoms with E-state index in [0.717, 1.165) is 57.3 Å². The van der Waals surface area contributed by atoms with Crippen LogP contribution in [0, 0.1) is 11.8 Å². The van der Waals surface area contributed by atoms with Gasteiger partial charge in [-0.2, -0.15) is 0 Å². The summed E-state index contributed by atoms with van der Waals surface area (Å²) in [7, 11) is 3.89. The molecule has 1 heterocycles. The lowest BCUT2D eigenvalue weighted by Crippen LogP contribution is -2.38. The predicted octanol–water partition coefficient (Wildman–Crippen LogP) is 4.78. The van der Waals surface area contributed by atoms with Gasteiger partial charge in [-0.3, -0.25) is 9.59 Å². The lowest BCUT2D eigenvalue weighted by molar-refractivity contribution is -0.120. The quantitative estimate of drug-likeness (QED) is 0.698. The van der Waals surface area contributed by atoms with Gasteiger partial charge in [-0.1, -0.05) is 33.6 Å². The molecular weight excluding hydrogens is 350 g/mol. The van der Waals surface area contributed by atoms with Gasteiger partial charge in [0.2, 0.25) is 5.91 Å². The predicted molar refractivity (Wildman–Crippen MR) is 117 cm³/mol. The maximum absolute atomic E-state index is 13.2. The molecule has 1 aliphatic heterocycles. The van der Waals surface area contributed by atoms with Gasteiger partial charge < -0.3 is 15.1 Å². The summed E-state index contributed by atoms with van der Waals surface area (Å²) in [5.41, 5.74) is 2.26. The third-order valence-corrected chi connectivity index (χ3v) is 5.82. The lowest BCUT2D eigenvalue weighted by Gasteiger charge is -2.31. The second-order valence-corrected chi connectivity index (χ2v) is 8.34. The first kappa shape index (κ1) is 22.3. The van der Waals surface area contributed by atoms with Gasteiger partial charge in [-0.05, 0) is 49.8 Å². The van der Waals surface area contributed by atoms with Crippen LogP contribution in [0.15, 0.2) is 18.2 Å². The Balaban J connectivity index is 2.20. The van der Waals surface area contributed by atoms with E-state index in [1.165, 1.54) is 0 Å². The summed E-state index contributed by atoms with van der Waals surface area (Å²) in [5.74, 6) is 0.816. The average Bonchev–Trinajstić information content (AvgIpc) is 2.68.